The summed E-state index contributed by atoms with van der Waals surface area (Å²) in [5.74, 6) is 0.696. The van der Waals surface area contributed by atoms with E-state index in [-0.39, 0.29) is 0 Å². The number of hydrogen-bond acceptors (Lipinski definition) is 2. The molecule has 0 aliphatic heterocycles. The third-order valence-corrected chi connectivity index (χ3v) is 3.32. The summed E-state index contributed by atoms with van der Waals surface area (Å²) in [4.78, 5) is 4.55. The number of aromatic nitrogens is 1. The lowest BCUT2D eigenvalue weighted by Crippen LogP contribution is -2.12. The molecule has 0 aromatic carbocycles. The van der Waals surface area contributed by atoms with E-state index in [1.165, 1.54) is 43.4 Å². The predicted octanol–water partition coefficient (Wildman–Crippen LogP) is 2.63. The molecule has 2 nitrogen and oxygen atoms in total. The second-order valence-corrected chi connectivity index (χ2v) is 4.42. The van der Waals surface area contributed by atoms with Gasteiger partial charge in [0.05, 0.1) is 0 Å². The second-order valence-electron chi connectivity index (χ2n) is 4.42. The maximum Gasteiger partial charge on any atom is 0.0466 e. The van der Waals surface area contributed by atoms with Gasteiger partial charge in [-0.05, 0) is 50.3 Å². The molecule has 15 heavy (non-hydrogen) atoms. The van der Waals surface area contributed by atoms with E-state index in [4.69, 9.17) is 5.73 Å². The van der Waals surface area contributed by atoms with Crippen molar-refractivity contribution in [2.24, 2.45) is 5.73 Å². The molecule has 1 heterocycles. The molecule has 1 aromatic heterocycles. The number of hydrogen-bond donors (Lipinski definition) is 1. The summed E-state index contributed by atoms with van der Waals surface area (Å²) in [5.41, 5.74) is 8.36. The van der Waals surface area contributed by atoms with E-state index >= 15 is 0 Å². The van der Waals surface area contributed by atoms with Crippen molar-refractivity contribution >= 4 is 0 Å². The first-order valence-corrected chi connectivity index (χ1v) is 6.05. The smallest absolute Gasteiger partial charge is 0.0466 e. The third-order valence-electron chi connectivity index (χ3n) is 3.32. The summed E-state index contributed by atoms with van der Waals surface area (Å²) in [7, 11) is 0. The molecule has 2 heteroatoms. The number of rotatable bonds is 4. The Kier molecular flexibility index (Phi) is 3.73. The number of fused-ring (bicyclic) bond motifs is 1. The minimum Gasteiger partial charge on any atom is -0.330 e. The molecule has 0 fully saturated rings. The monoisotopic (exact) mass is 204 g/mol. The molecule has 0 spiro atoms. The second kappa shape index (κ2) is 5.26. The van der Waals surface area contributed by atoms with Crippen LogP contribution in [0.25, 0.3) is 0 Å². The van der Waals surface area contributed by atoms with Gasteiger partial charge in [-0.2, -0.15) is 0 Å². The molecule has 1 aliphatic rings. The Morgan fingerprint density at radius 1 is 1.40 bits per heavy atom. The van der Waals surface area contributed by atoms with E-state index in [9.17, 15) is 0 Å². The number of nitrogens with two attached hydrogens (primary N) is 1. The van der Waals surface area contributed by atoms with E-state index in [1.54, 1.807) is 0 Å². The van der Waals surface area contributed by atoms with Crippen LogP contribution in [0.1, 0.15) is 49.3 Å². The molecule has 1 atom stereocenters. The van der Waals surface area contributed by atoms with Crippen molar-refractivity contribution < 1.29 is 0 Å². The SMILES string of the molecule is NCCCCC1CCCc2cccnc21. The fourth-order valence-electron chi connectivity index (χ4n) is 2.52. The van der Waals surface area contributed by atoms with Crippen LogP contribution in [-0.2, 0) is 6.42 Å². The van der Waals surface area contributed by atoms with Crippen molar-refractivity contribution in [3.05, 3.63) is 29.6 Å². The Hall–Kier alpha value is -0.890. The van der Waals surface area contributed by atoms with Crippen molar-refractivity contribution in [2.75, 3.05) is 6.54 Å². The molecule has 0 saturated carbocycles. The lowest BCUT2D eigenvalue weighted by molar-refractivity contribution is 0.485. The van der Waals surface area contributed by atoms with Gasteiger partial charge in [0.2, 0.25) is 0 Å². The van der Waals surface area contributed by atoms with Crippen LogP contribution in [-0.4, -0.2) is 11.5 Å². The highest BCUT2D eigenvalue weighted by atomic mass is 14.7. The van der Waals surface area contributed by atoms with Gasteiger partial charge in [0.15, 0.2) is 0 Å². The summed E-state index contributed by atoms with van der Waals surface area (Å²) in [6.45, 7) is 0.821. The van der Waals surface area contributed by atoms with Crippen LogP contribution in [0.3, 0.4) is 0 Å². The molecule has 82 valence electrons. The van der Waals surface area contributed by atoms with Gasteiger partial charge in [0.1, 0.15) is 0 Å². The van der Waals surface area contributed by atoms with Crippen molar-refractivity contribution in [1.29, 1.82) is 0 Å². The normalized spacial score (nSPS) is 19.9. The van der Waals surface area contributed by atoms with Crippen LogP contribution in [0, 0.1) is 0 Å². The van der Waals surface area contributed by atoms with Crippen LogP contribution in [0.4, 0.5) is 0 Å². The molecule has 1 aromatic rings. The molecule has 0 radical (unpaired) electrons. The first-order chi connectivity index (χ1) is 7.42. The van der Waals surface area contributed by atoms with E-state index < -0.39 is 0 Å². The van der Waals surface area contributed by atoms with E-state index in [0.29, 0.717) is 5.92 Å². The Balaban J connectivity index is 2.02. The maximum absolute atomic E-state index is 5.52. The molecular formula is C13H20N2. The van der Waals surface area contributed by atoms with Gasteiger partial charge < -0.3 is 5.73 Å². The Morgan fingerprint density at radius 2 is 2.33 bits per heavy atom. The largest absolute Gasteiger partial charge is 0.330 e. The molecule has 0 bridgehead atoms. The van der Waals surface area contributed by atoms with Crippen molar-refractivity contribution in [2.45, 2.75) is 44.4 Å². The highest BCUT2D eigenvalue weighted by Gasteiger charge is 2.20. The van der Waals surface area contributed by atoms with E-state index in [1.807, 2.05) is 6.20 Å². The highest BCUT2D eigenvalue weighted by Crippen LogP contribution is 2.33. The van der Waals surface area contributed by atoms with Gasteiger partial charge in [-0.1, -0.05) is 12.5 Å². The standard InChI is InChI=1S/C13H20N2/c14-9-2-1-5-11-6-3-7-12-8-4-10-15-13(11)12/h4,8,10-11H,1-3,5-7,9,14H2. The summed E-state index contributed by atoms with van der Waals surface area (Å²) in [6.07, 6.45) is 9.45. The first kappa shape index (κ1) is 10.6. The minimum absolute atomic E-state index is 0.696. The first-order valence-electron chi connectivity index (χ1n) is 6.05. The van der Waals surface area contributed by atoms with Crippen molar-refractivity contribution in [3.63, 3.8) is 0 Å². The predicted molar refractivity (Wildman–Crippen MR) is 62.8 cm³/mol. The van der Waals surface area contributed by atoms with Gasteiger partial charge in [0, 0.05) is 17.8 Å². The van der Waals surface area contributed by atoms with E-state index in [0.717, 1.165) is 13.0 Å². The van der Waals surface area contributed by atoms with Crippen LogP contribution in [0.5, 0.6) is 0 Å². The maximum atomic E-state index is 5.52. The van der Waals surface area contributed by atoms with Crippen molar-refractivity contribution in [1.82, 2.24) is 4.98 Å². The van der Waals surface area contributed by atoms with E-state index in [2.05, 4.69) is 17.1 Å². The number of aryl methyl sites for hydroxylation is 1. The number of nitrogens with zero attached hydrogens (tertiary/aromatic N) is 1. The molecule has 2 N–H and O–H groups in total. The topological polar surface area (TPSA) is 38.9 Å². The molecule has 1 aliphatic carbocycles. The quantitative estimate of drug-likeness (QED) is 0.766. The van der Waals surface area contributed by atoms with Crippen LogP contribution in [0.2, 0.25) is 0 Å². The van der Waals surface area contributed by atoms with Crippen molar-refractivity contribution in [3.8, 4) is 0 Å². The zero-order chi connectivity index (χ0) is 10.5. The summed E-state index contributed by atoms with van der Waals surface area (Å²) < 4.78 is 0. The van der Waals surface area contributed by atoms with Gasteiger partial charge >= 0.3 is 0 Å². The molecular weight excluding hydrogens is 184 g/mol. The minimum atomic E-state index is 0.696. The number of unbranched alkanes of at least 4 members (excludes halogenated alkanes) is 1. The van der Waals surface area contributed by atoms with Crippen LogP contribution in [0.15, 0.2) is 18.3 Å². The zero-order valence-electron chi connectivity index (χ0n) is 9.28. The Morgan fingerprint density at radius 3 is 3.20 bits per heavy atom. The van der Waals surface area contributed by atoms with Gasteiger partial charge in [-0.3, -0.25) is 4.98 Å². The summed E-state index contributed by atoms with van der Waals surface area (Å²) >= 11 is 0. The molecule has 2 rings (SSSR count). The average molecular weight is 204 g/mol. The third kappa shape index (κ3) is 2.57. The molecule has 1 unspecified atom stereocenters. The number of pyridine rings is 1. The van der Waals surface area contributed by atoms with Crippen LogP contribution < -0.4 is 5.73 Å². The Bertz CT molecular complexity index is 309. The lowest BCUT2D eigenvalue weighted by atomic mass is 9.83. The molecule has 0 saturated heterocycles. The highest BCUT2D eigenvalue weighted by molar-refractivity contribution is 5.25. The summed E-state index contributed by atoms with van der Waals surface area (Å²) in [5, 5.41) is 0. The van der Waals surface area contributed by atoms with Crippen LogP contribution >= 0.6 is 0 Å². The fraction of sp³-hybridized carbons (Fsp3) is 0.615. The lowest BCUT2D eigenvalue weighted by Gasteiger charge is -2.24. The van der Waals surface area contributed by atoms with Gasteiger partial charge in [-0.15, -0.1) is 0 Å². The summed E-state index contributed by atoms with van der Waals surface area (Å²) in [6, 6.07) is 4.29. The molecule has 0 amide bonds. The van der Waals surface area contributed by atoms with Gasteiger partial charge in [0.25, 0.3) is 0 Å². The van der Waals surface area contributed by atoms with Gasteiger partial charge in [-0.25, -0.2) is 0 Å². The average Bonchev–Trinajstić information content (AvgIpc) is 2.30. The Labute approximate surface area is 91.9 Å². The zero-order valence-corrected chi connectivity index (χ0v) is 9.28. The fourth-order valence-corrected chi connectivity index (χ4v) is 2.52.